The highest BCUT2D eigenvalue weighted by molar-refractivity contribution is 6.22. The normalized spacial score (nSPS) is 15.6. The summed E-state index contributed by atoms with van der Waals surface area (Å²) in [6.45, 7) is 3.67. The summed E-state index contributed by atoms with van der Waals surface area (Å²) >= 11 is 0. The first-order chi connectivity index (χ1) is 15.6. The second-order valence-corrected chi connectivity index (χ2v) is 8.27. The molecule has 4 rings (SSSR count). The summed E-state index contributed by atoms with van der Waals surface area (Å²) in [6, 6.07) is 13.9. The van der Waals surface area contributed by atoms with Crippen LogP contribution in [-0.4, -0.2) is 40.3 Å². The van der Waals surface area contributed by atoms with Crippen molar-refractivity contribution in [2.24, 2.45) is 0 Å². The molecule has 0 bridgehead atoms. The smallest absolute Gasteiger partial charge is 0.406 e. The standard InChI is InChI=1S/C24H22F3N3O3.ClH/c1-23(2)21(31)30(17-9-11-18(12-10-17)33-24(25,26)27)22(32)29(23)15-5-6-16-13-14-28-20-8-4-3-7-19(16)20;/h3-4,7-14H,5-6,15H2,1-2H3;1H. The van der Waals surface area contributed by atoms with Crippen molar-refractivity contribution in [3.05, 3.63) is 66.4 Å². The molecule has 0 N–H and O–H groups in total. The molecule has 1 fully saturated rings. The number of carbonyl (C=O) groups is 2. The van der Waals surface area contributed by atoms with Crippen molar-refractivity contribution in [3.8, 4) is 5.75 Å². The van der Waals surface area contributed by atoms with Crippen molar-refractivity contribution >= 4 is 40.9 Å². The second kappa shape index (κ2) is 9.50. The average molecular weight is 494 g/mol. The fraction of sp³-hybridized carbons (Fsp3) is 0.292. The molecule has 1 aromatic heterocycles. The van der Waals surface area contributed by atoms with Gasteiger partial charge in [-0.15, -0.1) is 25.6 Å². The summed E-state index contributed by atoms with van der Waals surface area (Å²) in [4.78, 5) is 33.0. The molecule has 0 atom stereocenters. The number of alkyl halides is 3. The third-order valence-corrected chi connectivity index (χ3v) is 5.72. The van der Waals surface area contributed by atoms with E-state index in [1.54, 1.807) is 20.0 Å². The van der Waals surface area contributed by atoms with E-state index in [-0.39, 0.29) is 18.1 Å². The molecule has 1 saturated heterocycles. The lowest BCUT2D eigenvalue weighted by atomic mass is 10.0. The molecule has 34 heavy (non-hydrogen) atoms. The lowest BCUT2D eigenvalue weighted by molar-refractivity contribution is -0.274. The van der Waals surface area contributed by atoms with Crippen LogP contribution in [0.1, 0.15) is 25.8 Å². The zero-order valence-electron chi connectivity index (χ0n) is 18.5. The molecular formula is C24H23ClF3N3O3. The molecule has 2 heterocycles. The first kappa shape index (κ1) is 25.3. The van der Waals surface area contributed by atoms with Gasteiger partial charge < -0.3 is 9.64 Å². The number of aryl methyl sites for hydroxylation is 1. The van der Waals surface area contributed by atoms with Crippen LogP contribution in [0.2, 0.25) is 0 Å². The molecule has 1 aliphatic rings. The third-order valence-electron chi connectivity index (χ3n) is 5.72. The molecule has 10 heteroatoms. The zero-order valence-corrected chi connectivity index (χ0v) is 19.3. The Balaban J connectivity index is 0.00000324. The van der Waals surface area contributed by atoms with Gasteiger partial charge in [0.05, 0.1) is 11.2 Å². The number of urea groups is 1. The number of amides is 3. The fourth-order valence-corrected chi connectivity index (χ4v) is 4.04. The summed E-state index contributed by atoms with van der Waals surface area (Å²) < 4.78 is 41.0. The summed E-state index contributed by atoms with van der Waals surface area (Å²) in [6.07, 6.45) is -1.75. The van der Waals surface area contributed by atoms with Gasteiger partial charge in [0.2, 0.25) is 0 Å². The molecule has 3 amide bonds. The first-order valence-corrected chi connectivity index (χ1v) is 10.4. The second-order valence-electron chi connectivity index (χ2n) is 8.27. The van der Waals surface area contributed by atoms with Gasteiger partial charge in [0.25, 0.3) is 5.91 Å². The number of carbonyl (C=O) groups excluding carboxylic acids is 2. The Kier molecular flexibility index (Phi) is 7.07. The number of para-hydroxylation sites is 1. The Morgan fingerprint density at radius 2 is 1.68 bits per heavy atom. The summed E-state index contributed by atoms with van der Waals surface area (Å²) in [5, 5.41) is 1.05. The third kappa shape index (κ3) is 4.94. The van der Waals surface area contributed by atoms with Crippen LogP contribution in [0.3, 0.4) is 0 Å². The van der Waals surface area contributed by atoms with E-state index < -0.39 is 29.6 Å². The molecule has 0 aliphatic carbocycles. The molecular weight excluding hydrogens is 471 g/mol. The molecule has 0 spiro atoms. The van der Waals surface area contributed by atoms with Crippen molar-refractivity contribution in [2.75, 3.05) is 11.4 Å². The van der Waals surface area contributed by atoms with Crippen LogP contribution in [0.5, 0.6) is 5.75 Å². The molecule has 0 saturated carbocycles. The van der Waals surface area contributed by atoms with Crippen molar-refractivity contribution < 1.29 is 27.5 Å². The monoisotopic (exact) mass is 493 g/mol. The van der Waals surface area contributed by atoms with E-state index in [0.717, 1.165) is 33.5 Å². The number of halogens is 4. The summed E-state index contributed by atoms with van der Waals surface area (Å²) in [5.74, 6) is -0.864. The number of imide groups is 1. The number of rotatable bonds is 6. The molecule has 3 aromatic rings. The van der Waals surface area contributed by atoms with Crippen molar-refractivity contribution in [2.45, 2.75) is 38.6 Å². The quantitative estimate of drug-likeness (QED) is 0.411. The molecule has 2 aromatic carbocycles. The van der Waals surface area contributed by atoms with Gasteiger partial charge in [0.1, 0.15) is 11.3 Å². The Labute approximate surface area is 200 Å². The SMILES string of the molecule is CC1(C)C(=O)N(c2ccc(OC(F)(F)F)cc2)C(=O)N1CCCc1ccnc2ccccc12.Cl. The lowest BCUT2D eigenvalue weighted by Gasteiger charge is -2.27. The Morgan fingerprint density at radius 1 is 1.00 bits per heavy atom. The number of anilines is 1. The minimum absolute atomic E-state index is 0. The Bertz CT molecular complexity index is 1190. The average Bonchev–Trinajstić information content (AvgIpc) is 2.92. The van der Waals surface area contributed by atoms with E-state index in [0.29, 0.717) is 19.4 Å². The van der Waals surface area contributed by atoms with Gasteiger partial charge in [-0.2, -0.15) is 0 Å². The van der Waals surface area contributed by atoms with Crippen LogP contribution >= 0.6 is 12.4 Å². The molecule has 6 nitrogen and oxygen atoms in total. The molecule has 1 aliphatic heterocycles. The van der Waals surface area contributed by atoms with Gasteiger partial charge in [0.15, 0.2) is 0 Å². The van der Waals surface area contributed by atoms with Gasteiger partial charge in [-0.25, -0.2) is 9.69 Å². The van der Waals surface area contributed by atoms with Crippen molar-refractivity contribution in [3.63, 3.8) is 0 Å². The highest BCUT2D eigenvalue weighted by Gasteiger charge is 2.51. The van der Waals surface area contributed by atoms with Crippen LogP contribution in [0.4, 0.5) is 23.7 Å². The largest absolute Gasteiger partial charge is 0.573 e. The maximum absolute atomic E-state index is 13.1. The van der Waals surface area contributed by atoms with Gasteiger partial charge in [-0.05, 0) is 68.7 Å². The molecule has 0 unspecified atom stereocenters. The van der Waals surface area contributed by atoms with Gasteiger partial charge in [-0.1, -0.05) is 18.2 Å². The molecule has 0 radical (unpaired) electrons. The van der Waals surface area contributed by atoms with Crippen LogP contribution in [0.25, 0.3) is 10.9 Å². The first-order valence-electron chi connectivity index (χ1n) is 10.4. The highest BCUT2D eigenvalue weighted by Crippen LogP contribution is 2.34. The van der Waals surface area contributed by atoms with Crippen LogP contribution in [0.15, 0.2) is 60.8 Å². The predicted molar refractivity (Wildman–Crippen MR) is 124 cm³/mol. The zero-order chi connectivity index (χ0) is 23.8. The number of pyridine rings is 1. The topological polar surface area (TPSA) is 62.7 Å². The molecule has 180 valence electrons. The highest BCUT2D eigenvalue weighted by atomic mass is 35.5. The number of benzene rings is 2. The van der Waals surface area contributed by atoms with Crippen LogP contribution in [0, 0.1) is 0 Å². The Hall–Kier alpha value is -3.33. The van der Waals surface area contributed by atoms with E-state index >= 15 is 0 Å². The number of ether oxygens (including phenoxy) is 1. The van der Waals surface area contributed by atoms with Crippen molar-refractivity contribution in [1.82, 2.24) is 9.88 Å². The maximum Gasteiger partial charge on any atom is 0.573 e. The number of hydrogen-bond donors (Lipinski definition) is 0. The summed E-state index contributed by atoms with van der Waals surface area (Å²) in [7, 11) is 0. The van der Waals surface area contributed by atoms with Crippen LogP contribution < -0.4 is 9.64 Å². The minimum atomic E-state index is -4.82. The van der Waals surface area contributed by atoms with Crippen molar-refractivity contribution in [1.29, 1.82) is 0 Å². The van der Waals surface area contributed by atoms with E-state index in [1.807, 2.05) is 30.3 Å². The van der Waals surface area contributed by atoms with E-state index in [1.165, 1.54) is 17.0 Å². The minimum Gasteiger partial charge on any atom is -0.406 e. The van der Waals surface area contributed by atoms with E-state index in [9.17, 15) is 22.8 Å². The van der Waals surface area contributed by atoms with Gasteiger partial charge in [-0.3, -0.25) is 9.78 Å². The maximum atomic E-state index is 13.1. The van der Waals surface area contributed by atoms with E-state index in [4.69, 9.17) is 0 Å². The number of nitrogens with zero attached hydrogens (tertiary/aromatic N) is 3. The number of aromatic nitrogens is 1. The number of fused-ring (bicyclic) bond motifs is 1. The van der Waals surface area contributed by atoms with Gasteiger partial charge in [0, 0.05) is 18.1 Å². The van der Waals surface area contributed by atoms with Gasteiger partial charge >= 0.3 is 12.4 Å². The van der Waals surface area contributed by atoms with E-state index in [2.05, 4.69) is 9.72 Å². The number of hydrogen-bond acceptors (Lipinski definition) is 4. The lowest BCUT2D eigenvalue weighted by Crippen LogP contribution is -2.44. The Morgan fingerprint density at radius 3 is 2.35 bits per heavy atom. The fourth-order valence-electron chi connectivity index (χ4n) is 4.04. The predicted octanol–water partition coefficient (Wildman–Crippen LogP) is 5.74. The summed E-state index contributed by atoms with van der Waals surface area (Å²) in [5.41, 5.74) is 1.11. The van der Waals surface area contributed by atoms with Crippen LogP contribution in [-0.2, 0) is 11.2 Å².